The summed E-state index contributed by atoms with van der Waals surface area (Å²) in [5.41, 5.74) is 2.14. The van der Waals surface area contributed by atoms with Crippen LogP contribution in [-0.4, -0.2) is 47.2 Å². The maximum absolute atomic E-state index is 11.7. The monoisotopic (exact) mass is 232 g/mol. The van der Waals surface area contributed by atoms with E-state index in [0.29, 0.717) is 18.9 Å². The van der Waals surface area contributed by atoms with Crippen molar-refractivity contribution in [3.05, 3.63) is 0 Å². The van der Waals surface area contributed by atoms with Gasteiger partial charge in [-0.3, -0.25) is 4.79 Å². The molecule has 1 unspecified atom stereocenters. The molecule has 15 heavy (non-hydrogen) atoms. The summed E-state index contributed by atoms with van der Waals surface area (Å²) in [5.74, 6) is 2.75. The van der Waals surface area contributed by atoms with E-state index in [9.17, 15) is 4.79 Å². The third-order valence-electron chi connectivity index (χ3n) is 2.65. The molecule has 5 heteroatoms. The van der Waals surface area contributed by atoms with E-state index in [1.54, 1.807) is 0 Å². The molecule has 1 fully saturated rings. The largest absolute Gasteiger partial charge is 0.341 e. The van der Waals surface area contributed by atoms with Crippen LogP contribution in [0.5, 0.6) is 0 Å². The second-order valence-electron chi connectivity index (χ2n) is 4.00. The van der Waals surface area contributed by atoms with Crippen LogP contribution in [0.4, 0.5) is 0 Å². The molecule has 0 aromatic carbocycles. The molecule has 0 aromatic heterocycles. The zero-order valence-electron chi connectivity index (χ0n) is 9.24. The standard InChI is InChI=1S/C10H20N2O2S/c1-9(8-11-14)2-3-10(13)12-4-6-15-7-5-12/h9,11,14H,2-8H2,1H3. The third kappa shape index (κ3) is 4.86. The zero-order valence-corrected chi connectivity index (χ0v) is 10.1. The van der Waals surface area contributed by atoms with Gasteiger partial charge >= 0.3 is 0 Å². The van der Waals surface area contributed by atoms with Gasteiger partial charge in [0.1, 0.15) is 0 Å². The van der Waals surface area contributed by atoms with E-state index >= 15 is 0 Å². The SMILES string of the molecule is CC(CCC(=O)N1CCSCC1)CNO. The lowest BCUT2D eigenvalue weighted by Gasteiger charge is -2.26. The molecule has 0 radical (unpaired) electrons. The van der Waals surface area contributed by atoms with Gasteiger partial charge in [-0.1, -0.05) is 6.92 Å². The molecule has 0 spiro atoms. The highest BCUT2D eigenvalue weighted by Gasteiger charge is 2.16. The van der Waals surface area contributed by atoms with Crippen molar-refractivity contribution in [3.63, 3.8) is 0 Å². The minimum atomic E-state index is 0.264. The van der Waals surface area contributed by atoms with Crippen molar-refractivity contribution >= 4 is 17.7 Å². The zero-order chi connectivity index (χ0) is 11.1. The fourth-order valence-corrected chi connectivity index (χ4v) is 2.50. The van der Waals surface area contributed by atoms with Gasteiger partial charge in [0, 0.05) is 37.6 Å². The van der Waals surface area contributed by atoms with Crippen molar-refractivity contribution in [2.24, 2.45) is 5.92 Å². The molecular weight excluding hydrogens is 212 g/mol. The molecule has 88 valence electrons. The Kier molecular flexibility index (Phi) is 6.05. The lowest BCUT2D eigenvalue weighted by Crippen LogP contribution is -2.38. The van der Waals surface area contributed by atoms with E-state index < -0.39 is 0 Å². The van der Waals surface area contributed by atoms with Crippen molar-refractivity contribution in [1.82, 2.24) is 10.4 Å². The number of amides is 1. The molecule has 0 saturated carbocycles. The lowest BCUT2D eigenvalue weighted by molar-refractivity contribution is -0.131. The van der Waals surface area contributed by atoms with Crippen LogP contribution in [0.1, 0.15) is 19.8 Å². The maximum Gasteiger partial charge on any atom is 0.222 e. The Morgan fingerprint density at radius 1 is 1.53 bits per heavy atom. The van der Waals surface area contributed by atoms with Gasteiger partial charge in [-0.15, -0.1) is 0 Å². The third-order valence-corrected chi connectivity index (χ3v) is 3.60. The summed E-state index contributed by atoms with van der Waals surface area (Å²) in [4.78, 5) is 13.7. The van der Waals surface area contributed by atoms with Gasteiger partial charge in [-0.05, 0) is 12.3 Å². The Morgan fingerprint density at radius 3 is 2.80 bits per heavy atom. The average molecular weight is 232 g/mol. The number of hydroxylamine groups is 1. The predicted molar refractivity (Wildman–Crippen MR) is 62.1 cm³/mol. The van der Waals surface area contributed by atoms with E-state index in [-0.39, 0.29) is 5.91 Å². The predicted octanol–water partition coefficient (Wildman–Crippen LogP) is 0.957. The number of thioether (sulfide) groups is 1. The molecule has 1 aliphatic heterocycles. The minimum Gasteiger partial charge on any atom is -0.341 e. The number of nitrogens with one attached hydrogen (secondary N) is 1. The number of nitrogens with zero attached hydrogens (tertiary/aromatic N) is 1. The van der Waals surface area contributed by atoms with E-state index in [2.05, 4.69) is 5.48 Å². The average Bonchev–Trinajstić information content (AvgIpc) is 2.27. The van der Waals surface area contributed by atoms with Gasteiger partial charge in [0.25, 0.3) is 0 Å². The molecular formula is C10H20N2O2S. The molecule has 1 aliphatic rings. The lowest BCUT2D eigenvalue weighted by atomic mass is 10.1. The first-order chi connectivity index (χ1) is 7.24. The normalized spacial score (nSPS) is 18.9. The van der Waals surface area contributed by atoms with Crippen LogP contribution >= 0.6 is 11.8 Å². The van der Waals surface area contributed by atoms with Gasteiger partial charge in [0.05, 0.1) is 0 Å². The highest BCUT2D eigenvalue weighted by Crippen LogP contribution is 2.12. The van der Waals surface area contributed by atoms with Crippen LogP contribution in [0.25, 0.3) is 0 Å². The highest BCUT2D eigenvalue weighted by molar-refractivity contribution is 7.99. The summed E-state index contributed by atoms with van der Waals surface area (Å²) in [6, 6.07) is 0. The molecule has 1 saturated heterocycles. The number of carbonyl (C=O) groups is 1. The van der Waals surface area contributed by atoms with Crippen LogP contribution < -0.4 is 5.48 Å². The van der Waals surface area contributed by atoms with Crippen LogP contribution in [0.2, 0.25) is 0 Å². The summed E-state index contributed by atoms with van der Waals surface area (Å²) in [5, 5.41) is 8.50. The summed E-state index contributed by atoms with van der Waals surface area (Å²) in [7, 11) is 0. The Morgan fingerprint density at radius 2 is 2.20 bits per heavy atom. The fourth-order valence-electron chi connectivity index (χ4n) is 1.60. The molecule has 0 bridgehead atoms. The fraction of sp³-hybridized carbons (Fsp3) is 0.900. The second kappa shape index (κ2) is 7.09. The van der Waals surface area contributed by atoms with E-state index in [1.807, 2.05) is 23.6 Å². The summed E-state index contributed by atoms with van der Waals surface area (Å²) < 4.78 is 0. The van der Waals surface area contributed by atoms with E-state index in [0.717, 1.165) is 31.0 Å². The maximum atomic E-state index is 11.7. The van der Waals surface area contributed by atoms with Gasteiger partial charge in [-0.25, -0.2) is 5.48 Å². The molecule has 1 atom stereocenters. The summed E-state index contributed by atoms with van der Waals surface area (Å²) >= 11 is 1.91. The first-order valence-corrected chi connectivity index (χ1v) is 6.62. The molecule has 1 amide bonds. The Hall–Kier alpha value is -0.260. The van der Waals surface area contributed by atoms with Crippen molar-refractivity contribution in [2.75, 3.05) is 31.1 Å². The highest BCUT2D eigenvalue weighted by atomic mass is 32.2. The minimum absolute atomic E-state index is 0.264. The summed E-state index contributed by atoms with van der Waals surface area (Å²) in [6.45, 7) is 4.39. The van der Waals surface area contributed by atoms with Crippen molar-refractivity contribution in [1.29, 1.82) is 0 Å². The quantitative estimate of drug-likeness (QED) is 0.693. The molecule has 0 aliphatic carbocycles. The van der Waals surface area contributed by atoms with Gasteiger partial charge in [0.15, 0.2) is 0 Å². The van der Waals surface area contributed by atoms with E-state index in [4.69, 9.17) is 5.21 Å². The van der Waals surface area contributed by atoms with Gasteiger partial charge < -0.3 is 10.1 Å². The van der Waals surface area contributed by atoms with Crippen LogP contribution in [0.15, 0.2) is 0 Å². The number of hydrogen-bond acceptors (Lipinski definition) is 4. The van der Waals surface area contributed by atoms with Crippen LogP contribution in [-0.2, 0) is 4.79 Å². The molecule has 2 N–H and O–H groups in total. The molecule has 0 aromatic rings. The molecule has 1 heterocycles. The van der Waals surface area contributed by atoms with Gasteiger partial charge in [-0.2, -0.15) is 11.8 Å². The summed E-state index contributed by atoms with van der Waals surface area (Å²) in [6.07, 6.45) is 1.45. The van der Waals surface area contributed by atoms with E-state index in [1.165, 1.54) is 0 Å². The topological polar surface area (TPSA) is 52.6 Å². The second-order valence-corrected chi connectivity index (χ2v) is 5.22. The smallest absolute Gasteiger partial charge is 0.222 e. The van der Waals surface area contributed by atoms with Crippen molar-refractivity contribution in [2.45, 2.75) is 19.8 Å². The van der Waals surface area contributed by atoms with Crippen molar-refractivity contribution < 1.29 is 10.0 Å². The molecule has 1 rings (SSSR count). The Labute approximate surface area is 95.4 Å². The van der Waals surface area contributed by atoms with Gasteiger partial charge in [0.2, 0.25) is 5.91 Å². The first kappa shape index (κ1) is 12.8. The van der Waals surface area contributed by atoms with Crippen LogP contribution in [0.3, 0.4) is 0 Å². The number of hydrogen-bond donors (Lipinski definition) is 2. The number of carbonyl (C=O) groups excluding carboxylic acids is 1. The first-order valence-electron chi connectivity index (χ1n) is 5.46. The Balaban J connectivity index is 2.16. The molecule has 4 nitrogen and oxygen atoms in total. The van der Waals surface area contributed by atoms with Crippen molar-refractivity contribution in [3.8, 4) is 0 Å². The number of rotatable bonds is 5. The van der Waals surface area contributed by atoms with Crippen LogP contribution in [0, 0.1) is 5.92 Å². The Bertz CT molecular complexity index is 196.